The van der Waals surface area contributed by atoms with E-state index in [2.05, 4.69) is 41.5 Å². The fourth-order valence-corrected chi connectivity index (χ4v) is 5.64. The first-order valence-electron chi connectivity index (χ1n) is 8.54. The van der Waals surface area contributed by atoms with Gasteiger partial charge in [0.05, 0.1) is 0 Å². The molecule has 1 nitrogen and oxygen atoms in total. The summed E-state index contributed by atoms with van der Waals surface area (Å²) in [5.74, 6) is 1.95. The molecule has 2 heteroatoms. The summed E-state index contributed by atoms with van der Waals surface area (Å²) < 4.78 is 1.44. The third kappa shape index (κ3) is 2.83. The van der Waals surface area contributed by atoms with Gasteiger partial charge in [0, 0.05) is 23.8 Å². The van der Waals surface area contributed by atoms with E-state index in [1.165, 1.54) is 55.3 Å². The highest BCUT2D eigenvalue weighted by molar-refractivity contribution is 7.17. The molecular formula is C20H29NS. The molecule has 2 bridgehead atoms. The highest BCUT2D eigenvalue weighted by atomic mass is 32.1. The van der Waals surface area contributed by atoms with Crippen LogP contribution in [0.2, 0.25) is 0 Å². The lowest BCUT2D eigenvalue weighted by Gasteiger charge is -2.50. The van der Waals surface area contributed by atoms with Crippen LogP contribution in [0.1, 0.15) is 45.6 Å². The van der Waals surface area contributed by atoms with Gasteiger partial charge in [-0.3, -0.25) is 4.90 Å². The minimum atomic E-state index is 0. The molecule has 0 spiro atoms. The van der Waals surface area contributed by atoms with Crippen molar-refractivity contribution in [1.82, 2.24) is 4.90 Å². The van der Waals surface area contributed by atoms with Crippen LogP contribution in [0, 0.1) is 11.8 Å². The molecule has 2 aliphatic heterocycles. The number of nitrogens with zero attached hydrogens (tertiary/aromatic N) is 1. The lowest BCUT2D eigenvalue weighted by Crippen LogP contribution is -2.53. The molecule has 1 aromatic heterocycles. The monoisotopic (exact) mass is 315 g/mol. The van der Waals surface area contributed by atoms with E-state index in [1.807, 2.05) is 11.3 Å². The zero-order valence-corrected chi connectivity index (χ0v) is 13.7. The van der Waals surface area contributed by atoms with E-state index in [-0.39, 0.29) is 7.43 Å². The fraction of sp³-hybridized carbons (Fsp3) is 0.600. The summed E-state index contributed by atoms with van der Waals surface area (Å²) in [6, 6.07) is 9.75. The van der Waals surface area contributed by atoms with Crippen LogP contribution in [0.3, 0.4) is 0 Å². The van der Waals surface area contributed by atoms with Crippen LogP contribution in [-0.2, 0) is 6.42 Å². The van der Waals surface area contributed by atoms with Gasteiger partial charge in [-0.2, -0.15) is 0 Å². The SMILES string of the molecule is C.CCC1CC2CCC1N(CCc1csc3ccccc13)C2. The van der Waals surface area contributed by atoms with Crippen LogP contribution >= 0.6 is 11.3 Å². The predicted octanol–water partition coefficient (Wildman–Crippen LogP) is 5.59. The summed E-state index contributed by atoms with van der Waals surface area (Å²) in [6.07, 6.45) is 7.04. The molecule has 2 aromatic rings. The van der Waals surface area contributed by atoms with Crippen molar-refractivity contribution < 1.29 is 0 Å². The lowest BCUT2D eigenvalue weighted by atomic mass is 9.71. The Labute approximate surface area is 139 Å². The first-order chi connectivity index (χ1) is 10.3. The van der Waals surface area contributed by atoms with Gasteiger partial charge in [0.15, 0.2) is 0 Å². The molecule has 0 amide bonds. The Hall–Kier alpha value is -0.860. The molecule has 3 atom stereocenters. The van der Waals surface area contributed by atoms with Crippen molar-refractivity contribution in [3.05, 3.63) is 35.2 Å². The van der Waals surface area contributed by atoms with Crippen LogP contribution in [0.5, 0.6) is 0 Å². The van der Waals surface area contributed by atoms with Crippen LogP contribution < -0.4 is 0 Å². The first-order valence-corrected chi connectivity index (χ1v) is 9.42. The molecule has 5 rings (SSSR count). The highest BCUT2D eigenvalue weighted by Gasteiger charge is 2.39. The second kappa shape index (κ2) is 6.72. The minimum Gasteiger partial charge on any atom is -0.300 e. The van der Waals surface area contributed by atoms with Crippen molar-refractivity contribution in [3.8, 4) is 0 Å². The minimum absolute atomic E-state index is 0. The number of benzene rings is 1. The Bertz CT molecular complexity index is 617. The molecule has 1 aliphatic carbocycles. The molecule has 3 unspecified atom stereocenters. The van der Waals surface area contributed by atoms with Gasteiger partial charge in [-0.05, 0) is 59.9 Å². The van der Waals surface area contributed by atoms with Crippen molar-refractivity contribution in [2.75, 3.05) is 13.1 Å². The van der Waals surface area contributed by atoms with Gasteiger partial charge in [0.2, 0.25) is 0 Å². The summed E-state index contributed by atoms with van der Waals surface area (Å²) in [5.41, 5.74) is 1.56. The van der Waals surface area contributed by atoms with E-state index in [1.54, 1.807) is 5.56 Å². The number of rotatable bonds is 4. The predicted molar refractivity (Wildman–Crippen MR) is 98.7 cm³/mol. The standard InChI is InChI=1S/C19H25NS.CH4/c1-2-15-11-14-7-8-18(15)20(12-14)10-9-16-13-21-19-6-4-3-5-17(16)19;/h3-6,13-15,18H,2,7-12H2,1H3;1H4. The van der Waals surface area contributed by atoms with Crippen molar-refractivity contribution in [2.45, 2.75) is 52.5 Å². The third-order valence-corrected chi connectivity index (χ3v) is 6.78. The van der Waals surface area contributed by atoms with Gasteiger partial charge >= 0.3 is 0 Å². The Morgan fingerprint density at radius 1 is 1.23 bits per heavy atom. The second-order valence-corrected chi connectivity index (χ2v) is 7.83. The zero-order chi connectivity index (χ0) is 14.2. The van der Waals surface area contributed by atoms with Crippen LogP contribution in [-0.4, -0.2) is 24.0 Å². The van der Waals surface area contributed by atoms with E-state index < -0.39 is 0 Å². The average Bonchev–Trinajstić information content (AvgIpc) is 2.96. The zero-order valence-electron chi connectivity index (χ0n) is 12.9. The fourth-order valence-electron chi connectivity index (χ4n) is 4.65. The topological polar surface area (TPSA) is 3.24 Å². The number of piperidine rings is 2. The summed E-state index contributed by atoms with van der Waals surface area (Å²) in [6.45, 7) is 5.01. The molecule has 3 fully saturated rings. The summed E-state index contributed by atoms with van der Waals surface area (Å²) in [7, 11) is 0. The van der Waals surface area contributed by atoms with Gasteiger partial charge < -0.3 is 0 Å². The van der Waals surface area contributed by atoms with Crippen molar-refractivity contribution in [3.63, 3.8) is 0 Å². The summed E-state index contributed by atoms with van der Waals surface area (Å²) in [4.78, 5) is 2.82. The molecular weight excluding hydrogens is 286 g/mol. The molecule has 0 N–H and O–H groups in total. The maximum absolute atomic E-state index is 2.82. The third-order valence-electron chi connectivity index (χ3n) is 5.77. The van der Waals surface area contributed by atoms with E-state index in [0.29, 0.717) is 0 Å². The maximum Gasteiger partial charge on any atom is 0.0345 e. The lowest BCUT2D eigenvalue weighted by molar-refractivity contribution is 0.000724. The Balaban J connectivity index is 0.00000144. The largest absolute Gasteiger partial charge is 0.300 e. The van der Waals surface area contributed by atoms with Gasteiger partial charge in [-0.15, -0.1) is 11.3 Å². The van der Waals surface area contributed by atoms with Gasteiger partial charge in [-0.25, -0.2) is 0 Å². The highest BCUT2D eigenvalue weighted by Crippen LogP contribution is 2.40. The van der Waals surface area contributed by atoms with E-state index in [9.17, 15) is 0 Å². The number of fused-ring (bicyclic) bond motifs is 4. The van der Waals surface area contributed by atoms with Crippen molar-refractivity contribution in [2.24, 2.45) is 11.8 Å². The smallest absolute Gasteiger partial charge is 0.0345 e. The molecule has 0 radical (unpaired) electrons. The molecule has 3 heterocycles. The van der Waals surface area contributed by atoms with Gasteiger partial charge in [-0.1, -0.05) is 39.0 Å². The van der Waals surface area contributed by atoms with Gasteiger partial charge in [0.25, 0.3) is 0 Å². The van der Waals surface area contributed by atoms with Gasteiger partial charge in [0.1, 0.15) is 0 Å². The number of thiophene rings is 1. The summed E-state index contributed by atoms with van der Waals surface area (Å²) in [5, 5.41) is 3.86. The van der Waals surface area contributed by atoms with Crippen molar-refractivity contribution in [1.29, 1.82) is 0 Å². The normalized spacial score (nSPS) is 28.0. The Morgan fingerprint density at radius 2 is 2.09 bits per heavy atom. The van der Waals surface area contributed by atoms with Crippen LogP contribution in [0.15, 0.2) is 29.6 Å². The van der Waals surface area contributed by atoms with Crippen LogP contribution in [0.25, 0.3) is 10.1 Å². The Morgan fingerprint density at radius 3 is 2.91 bits per heavy atom. The number of hydrogen-bond donors (Lipinski definition) is 0. The van der Waals surface area contributed by atoms with E-state index in [0.717, 1.165) is 17.9 Å². The molecule has 3 aliphatic rings. The molecule has 1 aromatic carbocycles. The molecule has 2 saturated heterocycles. The summed E-state index contributed by atoms with van der Waals surface area (Å²) >= 11 is 1.90. The first kappa shape index (κ1) is 16.0. The molecule has 120 valence electrons. The maximum atomic E-state index is 2.82. The molecule has 1 saturated carbocycles. The molecule has 22 heavy (non-hydrogen) atoms. The second-order valence-electron chi connectivity index (χ2n) is 6.92. The van der Waals surface area contributed by atoms with E-state index >= 15 is 0 Å². The number of hydrogen-bond acceptors (Lipinski definition) is 2. The average molecular weight is 316 g/mol. The Kier molecular flexibility index (Phi) is 4.89. The van der Waals surface area contributed by atoms with E-state index in [4.69, 9.17) is 0 Å². The van der Waals surface area contributed by atoms with Crippen LogP contribution in [0.4, 0.5) is 0 Å². The quantitative estimate of drug-likeness (QED) is 0.711. The van der Waals surface area contributed by atoms with Crippen molar-refractivity contribution >= 4 is 21.4 Å².